The zero-order valence-electron chi connectivity index (χ0n) is 11.7. The van der Waals surface area contributed by atoms with Crippen LogP contribution in [-0.2, 0) is 11.3 Å². The molecule has 3 heteroatoms. The fraction of sp³-hybridized carbons (Fsp3) is 0.562. The Morgan fingerprint density at radius 1 is 1.21 bits per heavy atom. The Morgan fingerprint density at radius 2 is 1.95 bits per heavy atom. The summed E-state index contributed by atoms with van der Waals surface area (Å²) >= 11 is 0. The van der Waals surface area contributed by atoms with Crippen molar-refractivity contribution in [3.8, 4) is 0 Å². The molecule has 1 aliphatic rings. The topological polar surface area (TPSA) is 41.1 Å². The Balaban J connectivity index is 1.68. The second-order valence-corrected chi connectivity index (χ2v) is 5.42. The molecule has 0 aliphatic heterocycles. The maximum Gasteiger partial charge on any atom is 0.234 e. The first kappa shape index (κ1) is 14.1. The monoisotopic (exact) mass is 260 g/mol. The van der Waals surface area contributed by atoms with Crippen molar-refractivity contribution in [3.63, 3.8) is 0 Å². The number of hydrogen-bond acceptors (Lipinski definition) is 2. The maximum absolute atomic E-state index is 11.8. The summed E-state index contributed by atoms with van der Waals surface area (Å²) in [5.74, 6) is 0.0915. The van der Waals surface area contributed by atoms with Gasteiger partial charge in [-0.2, -0.15) is 0 Å². The third kappa shape index (κ3) is 4.67. The number of nitrogens with one attached hydrogen (secondary N) is 2. The number of hydrogen-bond donors (Lipinski definition) is 2. The maximum atomic E-state index is 11.8. The van der Waals surface area contributed by atoms with Gasteiger partial charge in [0.15, 0.2) is 0 Å². The molecule has 2 N–H and O–H groups in total. The van der Waals surface area contributed by atoms with Crippen molar-refractivity contribution in [3.05, 3.63) is 35.4 Å². The molecule has 0 spiro atoms. The van der Waals surface area contributed by atoms with E-state index in [9.17, 15) is 4.79 Å². The number of benzene rings is 1. The fourth-order valence-corrected chi connectivity index (χ4v) is 2.61. The van der Waals surface area contributed by atoms with E-state index in [1.165, 1.54) is 43.2 Å². The van der Waals surface area contributed by atoms with E-state index in [0.717, 1.165) is 0 Å². The van der Waals surface area contributed by atoms with Crippen LogP contribution in [0, 0.1) is 6.92 Å². The first-order valence-corrected chi connectivity index (χ1v) is 7.30. The third-order valence-electron chi connectivity index (χ3n) is 3.89. The number of carbonyl (C=O) groups excluding carboxylic acids is 1. The lowest BCUT2D eigenvalue weighted by atomic mass is 9.95. The van der Waals surface area contributed by atoms with Crippen LogP contribution in [0.2, 0.25) is 0 Å². The Kier molecular flexibility index (Phi) is 5.40. The summed E-state index contributed by atoms with van der Waals surface area (Å²) in [6, 6.07) is 8.70. The van der Waals surface area contributed by atoms with Gasteiger partial charge in [0.1, 0.15) is 0 Å². The van der Waals surface area contributed by atoms with Crippen LogP contribution in [0.4, 0.5) is 0 Å². The molecule has 2 rings (SSSR count). The minimum atomic E-state index is 0.0915. The van der Waals surface area contributed by atoms with Crippen LogP contribution in [0.3, 0.4) is 0 Å². The second kappa shape index (κ2) is 7.29. The fourth-order valence-electron chi connectivity index (χ4n) is 2.61. The van der Waals surface area contributed by atoms with Crippen LogP contribution in [0.25, 0.3) is 0 Å². The van der Waals surface area contributed by atoms with E-state index in [1.807, 2.05) is 12.1 Å². The van der Waals surface area contributed by atoms with E-state index in [1.54, 1.807) is 0 Å². The minimum absolute atomic E-state index is 0.0915. The molecule has 1 aliphatic carbocycles. The molecule has 1 aromatic carbocycles. The first-order chi connectivity index (χ1) is 9.25. The van der Waals surface area contributed by atoms with Gasteiger partial charge in [-0.15, -0.1) is 0 Å². The Bertz CT molecular complexity index is 411. The van der Waals surface area contributed by atoms with Crippen molar-refractivity contribution in [2.75, 3.05) is 6.54 Å². The number of amides is 1. The van der Waals surface area contributed by atoms with Gasteiger partial charge < -0.3 is 10.6 Å². The van der Waals surface area contributed by atoms with Gasteiger partial charge in [0.05, 0.1) is 6.54 Å². The summed E-state index contributed by atoms with van der Waals surface area (Å²) in [5.41, 5.74) is 2.41. The number of rotatable bonds is 5. The van der Waals surface area contributed by atoms with Crippen molar-refractivity contribution in [2.24, 2.45) is 0 Å². The summed E-state index contributed by atoms with van der Waals surface area (Å²) in [4.78, 5) is 11.8. The zero-order chi connectivity index (χ0) is 13.5. The highest BCUT2D eigenvalue weighted by Crippen LogP contribution is 2.16. The first-order valence-electron chi connectivity index (χ1n) is 7.30. The normalized spacial score (nSPS) is 16.3. The van der Waals surface area contributed by atoms with Crippen LogP contribution >= 0.6 is 0 Å². The van der Waals surface area contributed by atoms with E-state index >= 15 is 0 Å². The Hall–Kier alpha value is -1.35. The lowest BCUT2D eigenvalue weighted by Gasteiger charge is -2.22. The van der Waals surface area contributed by atoms with Gasteiger partial charge in [-0.25, -0.2) is 0 Å². The molecule has 3 nitrogen and oxygen atoms in total. The summed E-state index contributed by atoms with van der Waals surface area (Å²) in [5, 5.41) is 6.34. The highest BCUT2D eigenvalue weighted by molar-refractivity contribution is 5.78. The molecule has 0 aromatic heterocycles. The van der Waals surface area contributed by atoms with Gasteiger partial charge in [-0.05, 0) is 30.9 Å². The van der Waals surface area contributed by atoms with E-state index in [4.69, 9.17) is 0 Å². The van der Waals surface area contributed by atoms with Crippen molar-refractivity contribution in [1.29, 1.82) is 0 Å². The molecule has 0 saturated heterocycles. The number of carbonyl (C=O) groups is 1. The van der Waals surface area contributed by atoms with Crippen LogP contribution in [-0.4, -0.2) is 18.5 Å². The summed E-state index contributed by atoms with van der Waals surface area (Å²) in [6.45, 7) is 3.14. The van der Waals surface area contributed by atoms with Crippen LogP contribution < -0.4 is 10.6 Å². The van der Waals surface area contributed by atoms with E-state index < -0.39 is 0 Å². The van der Waals surface area contributed by atoms with Crippen molar-refractivity contribution in [2.45, 2.75) is 51.6 Å². The molecule has 0 atom stereocenters. The average Bonchev–Trinajstić information content (AvgIpc) is 2.45. The van der Waals surface area contributed by atoms with Gasteiger partial charge in [0.2, 0.25) is 5.91 Å². The van der Waals surface area contributed by atoms with Crippen LogP contribution in [0.1, 0.15) is 43.2 Å². The van der Waals surface area contributed by atoms with Gasteiger partial charge in [0.25, 0.3) is 0 Å². The largest absolute Gasteiger partial charge is 0.351 e. The average molecular weight is 260 g/mol. The molecule has 0 radical (unpaired) electrons. The molecule has 104 valence electrons. The molecular formula is C16H24N2O. The molecular weight excluding hydrogens is 236 g/mol. The number of aryl methyl sites for hydroxylation is 1. The second-order valence-electron chi connectivity index (χ2n) is 5.42. The smallest absolute Gasteiger partial charge is 0.234 e. The molecule has 0 unspecified atom stereocenters. The van der Waals surface area contributed by atoms with Crippen molar-refractivity contribution in [1.82, 2.24) is 10.6 Å². The molecule has 19 heavy (non-hydrogen) atoms. The van der Waals surface area contributed by atoms with Crippen molar-refractivity contribution >= 4 is 5.91 Å². The quantitative estimate of drug-likeness (QED) is 0.854. The highest BCUT2D eigenvalue weighted by atomic mass is 16.1. The van der Waals surface area contributed by atoms with Crippen LogP contribution in [0.5, 0.6) is 0 Å². The molecule has 0 bridgehead atoms. The molecule has 1 fully saturated rings. The Labute approximate surface area is 115 Å². The van der Waals surface area contributed by atoms with Crippen LogP contribution in [0.15, 0.2) is 24.3 Å². The van der Waals surface area contributed by atoms with E-state index in [0.29, 0.717) is 19.1 Å². The molecule has 1 saturated carbocycles. The van der Waals surface area contributed by atoms with Gasteiger partial charge in [-0.1, -0.05) is 43.5 Å². The molecule has 1 aromatic rings. The lowest BCUT2D eigenvalue weighted by Crippen LogP contribution is -2.39. The summed E-state index contributed by atoms with van der Waals surface area (Å²) < 4.78 is 0. The molecule has 0 heterocycles. The molecule has 1 amide bonds. The third-order valence-corrected chi connectivity index (χ3v) is 3.89. The summed E-state index contributed by atoms with van der Waals surface area (Å²) in [7, 11) is 0. The minimum Gasteiger partial charge on any atom is -0.351 e. The van der Waals surface area contributed by atoms with Gasteiger partial charge >= 0.3 is 0 Å². The predicted molar refractivity (Wildman–Crippen MR) is 77.9 cm³/mol. The Morgan fingerprint density at radius 3 is 2.68 bits per heavy atom. The van der Waals surface area contributed by atoms with Crippen molar-refractivity contribution < 1.29 is 4.79 Å². The zero-order valence-corrected chi connectivity index (χ0v) is 11.7. The SMILES string of the molecule is Cc1ccccc1CNC(=O)CNC1CCCCC1. The standard InChI is InChI=1S/C16H24N2O/c1-13-7-5-6-8-14(13)11-18-16(19)12-17-15-9-3-2-4-10-15/h5-8,15,17H,2-4,9-12H2,1H3,(H,18,19). The lowest BCUT2D eigenvalue weighted by molar-refractivity contribution is -0.120. The predicted octanol–water partition coefficient (Wildman–Crippen LogP) is 2.53. The summed E-state index contributed by atoms with van der Waals surface area (Å²) in [6.07, 6.45) is 6.36. The van der Waals surface area contributed by atoms with E-state index in [-0.39, 0.29) is 5.91 Å². The van der Waals surface area contributed by atoms with Gasteiger partial charge in [0, 0.05) is 12.6 Å². The highest BCUT2D eigenvalue weighted by Gasteiger charge is 2.13. The van der Waals surface area contributed by atoms with Gasteiger partial charge in [-0.3, -0.25) is 4.79 Å². The van der Waals surface area contributed by atoms with E-state index in [2.05, 4.69) is 29.7 Å².